The molecule has 2 spiro atoms. The molecule has 30 heavy (non-hydrogen) atoms. The highest BCUT2D eigenvalue weighted by Gasteiger charge is 2.80. The number of hydrogen-bond acceptors (Lipinski definition) is 6. The van der Waals surface area contributed by atoms with Gasteiger partial charge in [0, 0.05) is 22.7 Å². The van der Waals surface area contributed by atoms with Gasteiger partial charge < -0.3 is 29.2 Å². The molecule has 6 aliphatic rings. The molecule has 0 radical (unpaired) electrons. The van der Waals surface area contributed by atoms with E-state index in [-0.39, 0.29) is 47.6 Å². The number of hydrogen-bond donors (Lipinski definition) is 2. The lowest BCUT2D eigenvalue weighted by molar-refractivity contribution is -0.292. The van der Waals surface area contributed by atoms with Crippen molar-refractivity contribution >= 4 is 0 Å². The lowest BCUT2D eigenvalue weighted by atomic mass is 9.57. The predicted molar refractivity (Wildman–Crippen MR) is 108 cm³/mol. The summed E-state index contributed by atoms with van der Waals surface area (Å²) in [7, 11) is 0. The summed E-state index contributed by atoms with van der Waals surface area (Å²) in [5.41, 5.74) is -2.63. The van der Waals surface area contributed by atoms with Crippen LogP contribution in [0, 0.1) is 28.6 Å². The summed E-state index contributed by atoms with van der Waals surface area (Å²) in [6.07, 6.45) is 2.96. The molecule has 2 saturated heterocycles. The molecule has 0 aromatic rings. The van der Waals surface area contributed by atoms with Crippen LogP contribution in [0.4, 0.5) is 0 Å². The van der Waals surface area contributed by atoms with Crippen molar-refractivity contribution < 1.29 is 29.2 Å². The third-order valence-corrected chi connectivity index (χ3v) is 10.6. The van der Waals surface area contributed by atoms with Crippen LogP contribution in [-0.2, 0) is 18.9 Å². The van der Waals surface area contributed by atoms with E-state index in [0.29, 0.717) is 12.3 Å². The summed E-state index contributed by atoms with van der Waals surface area (Å²) < 4.78 is 26.0. The van der Waals surface area contributed by atoms with Crippen molar-refractivity contribution in [3.63, 3.8) is 0 Å². The quantitative estimate of drug-likeness (QED) is 0.625. The Kier molecular flexibility index (Phi) is 3.82. The van der Waals surface area contributed by atoms with Gasteiger partial charge >= 0.3 is 0 Å². The van der Waals surface area contributed by atoms with Crippen LogP contribution in [0.3, 0.4) is 0 Å². The molecule has 0 aromatic heterocycles. The maximum Gasteiger partial charge on any atom is 0.156 e. The highest BCUT2D eigenvalue weighted by atomic mass is 16.7. The molecule has 2 aliphatic heterocycles. The van der Waals surface area contributed by atoms with Gasteiger partial charge in [0.1, 0.15) is 5.60 Å². The van der Waals surface area contributed by atoms with Crippen LogP contribution in [0.1, 0.15) is 73.6 Å². The monoisotopic (exact) mass is 422 g/mol. The molecule has 4 bridgehead atoms. The van der Waals surface area contributed by atoms with E-state index in [4.69, 9.17) is 18.9 Å². The third-order valence-electron chi connectivity index (χ3n) is 10.6. The largest absolute Gasteiger partial charge is 0.392 e. The zero-order chi connectivity index (χ0) is 21.5. The van der Waals surface area contributed by atoms with Gasteiger partial charge in [-0.15, -0.1) is 0 Å². The summed E-state index contributed by atoms with van der Waals surface area (Å²) in [6.45, 7) is 12.4. The fraction of sp³-hybridized carbons (Fsp3) is 1.00. The first-order valence-electron chi connectivity index (χ1n) is 12.0. The first-order chi connectivity index (χ1) is 13.9. The summed E-state index contributed by atoms with van der Waals surface area (Å²) in [5.74, 6) is 0.239. The van der Waals surface area contributed by atoms with Gasteiger partial charge in [-0.1, -0.05) is 13.8 Å². The number of rotatable bonds is 0. The molecular weight excluding hydrogens is 384 g/mol. The van der Waals surface area contributed by atoms with Gasteiger partial charge in [0.15, 0.2) is 12.6 Å². The first kappa shape index (κ1) is 20.4. The Morgan fingerprint density at radius 3 is 2.33 bits per heavy atom. The number of aliphatic hydroxyl groups is 2. The van der Waals surface area contributed by atoms with E-state index in [9.17, 15) is 10.2 Å². The van der Waals surface area contributed by atoms with E-state index < -0.39 is 22.7 Å². The van der Waals surface area contributed by atoms with Crippen LogP contribution in [0.5, 0.6) is 0 Å². The van der Waals surface area contributed by atoms with E-state index in [1.165, 1.54) is 0 Å². The molecule has 4 unspecified atom stereocenters. The van der Waals surface area contributed by atoms with Crippen molar-refractivity contribution in [2.45, 2.75) is 121 Å². The normalized spacial score (nSPS) is 65.6. The Labute approximate surface area is 179 Å². The highest BCUT2D eigenvalue weighted by molar-refractivity contribution is 5.28. The van der Waals surface area contributed by atoms with Crippen LogP contribution in [-0.4, -0.2) is 57.9 Å². The average molecular weight is 423 g/mol. The Morgan fingerprint density at radius 2 is 1.60 bits per heavy atom. The summed E-state index contributed by atoms with van der Waals surface area (Å²) in [5, 5.41) is 23.4. The maximum absolute atomic E-state index is 12.3. The molecule has 0 aromatic carbocycles. The zero-order valence-electron chi connectivity index (χ0n) is 19.2. The molecule has 0 amide bonds. The van der Waals surface area contributed by atoms with Gasteiger partial charge in [-0.3, -0.25) is 0 Å². The maximum atomic E-state index is 12.3. The standard InChI is InChI=1S/C24H38O6/c1-12-27-18-10-23-11-21(5)14(19(23)28-13(2)29-21)7-8-15(23)22(6,26)16-9-17(25)20(3,4)24(16,18)30-12/h12-19,25-26H,7-11H2,1-6H3/t12?,13?,14-,15+,16+,17+,18-,19-,21-,22-,23?,24?/m1/s1. The fourth-order valence-electron chi connectivity index (χ4n) is 9.64. The molecule has 6 heteroatoms. The molecule has 4 saturated carbocycles. The molecule has 6 fully saturated rings. The Morgan fingerprint density at radius 1 is 0.900 bits per heavy atom. The minimum absolute atomic E-state index is 0.0676. The van der Waals surface area contributed by atoms with E-state index in [0.717, 1.165) is 25.7 Å². The van der Waals surface area contributed by atoms with Gasteiger partial charge in [0.25, 0.3) is 0 Å². The van der Waals surface area contributed by atoms with Gasteiger partial charge in [0.2, 0.25) is 0 Å². The molecule has 4 aliphatic carbocycles. The minimum atomic E-state index is -0.984. The predicted octanol–water partition coefficient (Wildman–Crippen LogP) is 2.98. The number of aliphatic hydroxyl groups excluding tert-OH is 1. The van der Waals surface area contributed by atoms with Crippen molar-refractivity contribution in [1.82, 2.24) is 0 Å². The molecular formula is C24H38O6. The molecule has 2 N–H and O–H groups in total. The van der Waals surface area contributed by atoms with E-state index >= 15 is 0 Å². The van der Waals surface area contributed by atoms with E-state index in [2.05, 4.69) is 20.8 Å². The summed E-state index contributed by atoms with van der Waals surface area (Å²) >= 11 is 0. The molecule has 170 valence electrons. The van der Waals surface area contributed by atoms with Crippen molar-refractivity contribution in [2.75, 3.05) is 0 Å². The summed E-state index contributed by atoms with van der Waals surface area (Å²) in [6, 6.07) is 0. The Balaban J connectivity index is 1.55. The molecule has 12 atom stereocenters. The van der Waals surface area contributed by atoms with Crippen LogP contribution in [0.2, 0.25) is 0 Å². The van der Waals surface area contributed by atoms with Crippen molar-refractivity contribution in [1.29, 1.82) is 0 Å². The van der Waals surface area contributed by atoms with Gasteiger partial charge in [-0.25, -0.2) is 0 Å². The third kappa shape index (κ3) is 2.04. The first-order valence-corrected chi connectivity index (χ1v) is 12.0. The lowest BCUT2D eigenvalue weighted by Gasteiger charge is -2.53. The second-order valence-corrected chi connectivity index (χ2v) is 12.3. The average Bonchev–Trinajstić information content (AvgIpc) is 3.02. The van der Waals surface area contributed by atoms with E-state index in [1.54, 1.807) is 0 Å². The van der Waals surface area contributed by atoms with Crippen molar-refractivity contribution in [3.05, 3.63) is 0 Å². The minimum Gasteiger partial charge on any atom is -0.392 e. The van der Waals surface area contributed by atoms with E-state index in [1.807, 2.05) is 20.8 Å². The van der Waals surface area contributed by atoms with Gasteiger partial charge in [-0.2, -0.15) is 0 Å². The SMILES string of the molecule is CC1O[C@@H]2CC34C[C@@]5(C)OC(C)O[C@@H]3[C@H]5CC[C@H]4[C@@](C)(O)[C@@H]3C[C@H](O)C(C)(C)C32O1. The molecule has 2 heterocycles. The smallest absolute Gasteiger partial charge is 0.156 e. The second-order valence-electron chi connectivity index (χ2n) is 12.3. The van der Waals surface area contributed by atoms with Crippen LogP contribution in [0.15, 0.2) is 0 Å². The van der Waals surface area contributed by atoms with Gasteiger partial charge in [0.05, 0.1) is 29.5 Å². The Hall–Kier alpha value is -0.240. The fourth-order valence-corrected chi connectivity index (χ4v) is 9.64. The second kappa shape index (κ2) is 5.63. The van der Waals surface area contributed by atoms with Crippen molar-refractivity contribution in [3.8, 4) is 0 Å². The van der Waals surface area contributed by atoms with Crippen LogP contribution < -0.4 is 0 Å². The summed E-state index contributed by atoms with van der Waals surface area (Å²) in [4.78, 5) is 0. The Bertz CT molecular complexity index is 767. The van der Waals surface area contributed by atoms with Gasteiger partial charge in [-0.05, 0) is 65.7 Å². The molecule has 6 nitrogen and oxygen atoms in total. The highest BCUT2D eigenvalue weighted by Crippen LogP contribution is 2.73. The zero-order valence-corrected chi connectivity index (χ0v) is 19.2. The van der Waals surface area contributed by atoms with Crippen LogP contribution >= 0.6 is 0 Å². The lowest BCUT2D eigenvalue weighted by Crippen LogP contribution is -2.60. The number of ether oxygens (including phenoxy) is 4. The molecule has 6 rings (SSSR count). The van der Waals surface area contributed by atoms with Crippen molar-refractivity contribution in [2.24, 2.45) is 28.6 Å². The van der Waals surface area contributed by atoms with Crippen LogP contribution in [0.25, 0.3) is 0 Å². The topological polar surface area (TPSA) is 77.4 Å².